The lowest BCUT2D eigenvalue weighted by Gasteiger charge is -2.12. The number of thioether (sulfide) groups is 1. The molecule has 0 saturated carbocycles. The van der Waals surface area contributed by atoms with E-state index in [1.807, 2.05) is 37.0 Å². The molecule has 0 bridgehead atoms. The van der Waals surface area contributed by atoms with E-state index in [1.54, 1.807) is 7.11 Å². The molecule has 1 N–H and O–H groups in total. The van der Waals surface area contributed by atoms with E-state index in [9.17, 15) is 0 Å². The van der Waals surface area contributed by atoms with Crippen LogP contribution in [0.3, 0.4) is 0 Å². The summed E-state index contributed by atoms with van der Waals surface area (Å²) in [5.74, 6) is 3.97. The molecule has 0 aliphatic carbocycles. The third-order valence-electron chi connectivity index (χ3n) is 2.32. The highest BCUT2D eigenvalue weighted by atomic mass is 32.2. The van der Waals surface area contributed by atoms with Crippen LogP contribution in [0.25, 0.3) is 0 Å². The van der Waals surface area contributed by atoms with Crippen molar-refractivity contribution in [1.82, 2.24) is 5.32 Å². The number of hydrogen-bond acceptors (Lipinski definition) is 4. The standard InChI is InChI=1S/C13H21NO2S/c1-4-17-8-7-16-13-6-5-12(15-3)9-11(13)10-14-2/h5-6,9,14H,4,7-8,10H2,1-3H3. The molecular weight excluding hydrogens is 234 g/mol. The predicted octanol–water partition coefficient (Wildman–Crippen LogP) is 2.55. The van der Waals surface area contributed by atoms with E-state index in [4.69, 9.17) is 9.47 Å². The summed E-state index contributed by atoms with van der Waals surface area (Å²) >= 11 is 1.89. The zero-order valence-corrected chi connectivity index (χ0v) is 11.6. The second-order valence-electron chi connectivity index (χ2n) is 3.55. The smallest absolute Gasteiger partial charge is 0.124 e. The van der Waals surface area contributed by atoms with E-state index >= 15 is 0 Å². The van der Waals surface area contributed by atoms with Gasteiger partial charge in [-0.15, -0.1) is 0 Å². The molecular formula is C13H21NO2S. The molecule has 96 valence electrons. The number of nitrogens with one attached hydrogen (secondary N) is 1. The van der Waals surface area contributed by atoms with Gasteiger partial charge in [-0.2, -0.15) is 11.8 Å². The highest BCUT2D eigenvalue weighted by Crippen LogP contribution is 2.24. The maximum Gasteiger partial charge on any atom is 0.124 e. The van der Waals surface area contributed by atoms with Gasteiger partial charge in [-0.05, 0) is 31.0 Å². The van der Waals surface area contributed by atoms with E-state index in [-0.39, 0.29) is 0 Å². The first-order chi connectivity index (χ1) is 8.31. The average Bonchev–Trinajstić information content (AvgIpc) is 2.36. The van der Waals surface area contributed by atoms with Crippen molar-refractivity contribution in [2.45, 2.75) is 13.5 Å². The van der Waals surface area contributed by atoms with Gasteiger partial charge in [0.05, 0.1) is 13.7 Å². The fraction of sp³-hybridized carbons (Fsp3) is 0.538. The highest BCUT2D eigenvalue weighted by molar-refractivity contribution is 7.99. The molecule has 0 aliphatic heterocycles. The summed E-state index contributed by atoms with van der Waals surface area (Å²) in [4.78, 5) is 0. The molecule has 1 rings (SSSR count). The zero-order chi connectivity index (χ0) is 12.5. The minimum Gasteiger partial charge on any atom is -0.497 e. The summed E-state index contributed by atoms with van der Waals surface area (Å²) in [6, 6.07) is 5.92. The van der Waals surface area contributed by atoms with E-state index < -0.39 is 0 Å². The van der Waals surface area contributed by atoms with Gasteiger partial charge in [0, 0.05) is 17.9 Å². The Labute approximate surface area is 108 Å². The Morgan fingerprint density at radius 1 is 1.35 bits per heavy atom. The number of benzene rings is 1. The van der Waals surface area contributed by atoms with Crippen molar-refractivity contribution in [1.29, 1.82) is 0 Å². The summed E-state index contributed by atoms with van der Waals surface area (Å²) in [5.41, 5.74) is 1.13. The molecule has 1 aromatic carbocycles. The summed E-state index contributed by atoms with van der Waals surface area (Å²) in [6.07, 6.45) is 0. The van der Waals surface area contributed by atoms with Gasteiger partial charge in [-0.25, -0.2) is 0 Å². The quantitative estimate of drug-likeness (QED) is 0.723. The second kappa shape index (κ2) is 8.25. The van der Waals surface area contributed by atoms with Gasteiger partial charge < -0.3 is 14.8 Å². The van der Waals surface area contributed by atoms with Crippen LogP contribution in [-0.2, 0) is 6.54 Å². The van der Waals surface area contributed by atoms with Crippen molar-refractivity contribution in [3.63, 3.8) is 0 Å². The summed E-state index contributed by atoms with van der Waals surface area (Å²) in [6.45, 7) is 3.69. The first-order valence-corrected chi connectivity index (χ1v) is 6.99. The minimum absolute atomic E-state index is 0.752. The normalized spacial score (nSPS) is 10.3. The summed E-state index contributed by atoms with van der Waals surface area (Å²) in [5, 5.41) is 3.14. The second-order valence-corrected chi connectivity index (χ2v) is 4.94. The van der Waals surface area contributed by atoms with Crippen molar-refractivity contribution >= 4 is 11.8 Å². The van der Waals surface area contributed by atoms with Gasteiger partial charge in [0.2, 0.25) is 0 Å². The van der Waals surface area contributed by atoms with Crippen LogP contribution in [0.1, 0.15) is 12.5 Å². The zero-order valence-electron chi connectivity index (χ0n) is 10.8. The topological polar surface area (TPSA) is 30.5 Å². The Kier molecular flexibility index (Phi) is 6.89. The predicted molar refractivity (Wildman–Crippen MR) is 74.3 cm³/mol. The Morgan fingerprint density at radius 2 is 2.18 bits per heavy atom. The lowest BCUT2D eigenvalue weighted by molar-refractivity contribution is 0.338. The minimum atomic E-state index is 0.752. The maximum atomic E-state index is 5.77. The third-order valence-corrected chi connectivity index (χ3v) is 3.19. The van der Waals surface area contributed by atoms with Gasteiger partial charge in [0.15, 0.2) is 0 Å². The number of methoxy groups -OCH3 is 1. The summed E-state index contributed by atoms with van der Waals surface area (Å²) < 4.78 is 11.0. The number of ether oxygens (including phenoxy) is 2. The number of hydrogen-bond donors (Lipinski definition) is 1. The van der Waals surface area contributed by atoms with Crippen molar-refractivity contribution in [3.8, 4) is 11.5 Å². The molecule has 17 heavy (non-hydrogen) atoms. The Morgan fingerprint density at radius 3 is 2.82 bits per heavy atom. The van der Waals surface area contributed by atoms with E-state index in [2.05, 4.69) is 12.2 Å². The van der Waals surface area contributed by atoms with E-state index in [0.29, 0.717) is 0 Å². The van der Waals surface area contributed by atoms with Crippen molar-refractivity contribution in [3.05, 3.63) is 23.8 Å². The molecule has 3 nitrogen and oxygen atoms in total. The van der Waals surface area contributed by atoms with Gasteiger partial charge >= 0.3 is 0 Å². The van der Waals surface area contributed by atoms with Crippen LogP contribution < -0.4 is 14.8 Å². The molecule has 0 aromatic heterocycles. The van der Waals surface area contributed by atoms with Crippen LogP contribution >= 0.6 is 11.8 Å². The van der Waals surface area contributed by atoms with Gasteiger partial charge in [-0.3, -0.25) is 0 Å². The molecule has 0 unspecified atom stereocenters. The lowest BCUT2D eigenvalue weighted by atomic mass is 10.2. The van der Waals surface area contributed by atoms with Gasteiger partial charge in [0.25, 0.3) is 0 Å². The largest absolute Gasteiger partial charge is 0.497 e. The van der Waals surface area contributed by atoms with Crippen molar-refractivity contribution < 1.29 is 9.47 Å². The Hall–Kier alpha value is -0.870. The number of rotatable bonds is 8. The molecule has 0 radical (unpaired) electrons. The monoisotopic (exact) mass is 255 g/mol. The fourth-order valence-electron chi connectivity index (χ4n) is 1.51. The maximum absolute atomic E-state index is 5.77. The summed E-state index contributed by atoms with van der Waals surface area (Å²) in [7, 11) is 3.60. The Balaban J connectivity index is 2.62. The highest BCUT2D eigenvalue weighted by Gasteiger charge is 2.04. The van der Waals surface area contributed by atoms with Crippen LogP contribution in [0.15, 0.2) is 18.2 Å². The molecule has 4 heteroatoms. The van der Waals surface area contributed by atoms with Crippen LogP contribution in [0.5, 0.6) is 11.5 Å². The molecule has 0 fully saturated rings. The first-order valence-electron chi connectivity index (χ1n) is 5.83. The van der Waals surface area contributed by atoms with Crippen molar-refractivity contribution in [2.75, 3.05) is 32.3 Å². The molecule has 0 aliphatic rings. The average molecular weight is 255 g/mol. The molecule has 1 aromatic rings. The Bertz CT molecular complexity index is 331. The van der Waals surface area contributed by atoms with E-state index in [1.165, 1.54) is 0 Å². The molecule has 0 spiro atoms. The molecule has 0 atom stereocenters. The van der Waals surface area contributed by atoms with E-state index in [0.717, 1.165) is 41.7 Å². The first kappa shape index (κ1) is 14.2. The van der Waals surface area contributed by atoms with Gasteiger partial charge in [0.1, 0.15) is 11.5 Å². The molecule has 0 heterocycles. The SMILES string of the molecule is CCSCCOc1ccc(OC)cc1CNC. The van der Waals surface area contributed by atoms with Gasteiger partial charge in [-0.1, -0.05) is 6.92 Å². The van der Waals surface area contributed by atoms with Crippen LogP contribution in [0.4, 0.5) is 0 Å². The van der Waals surface area contributed by atoms with Crippen LogP contribution in [-0.4, -0.2) is 32.3 Å². The fourth-order valence-corrected chi connectivity index (χ4v) is 2.00. The molecule has 0 amide bonds. The van der Waals surface area contributed by atoms with Crippen molar-refractivity contribution in [2.24, 2.45) is 0 Å². The molecule has 0 saturated heterocycles. The lowest BCUT2D eigenvalue weighted by Crippen LogP contribution is -2.09. The van der Waals surface area contributed by atoms with Crippen LogP contribution in [0, 0.1) is 0 Å². The third kappa shape index (κ3) is 4.88. The van der Waals surface area contributed by atoms with Crippen LogP contribution in [0.2, 0.25) is 0 Å².